The number of ether oxygens (including phenoxy) is 1. The van der Waals surface area contributed by atoms with Crippen LogP contribution in [0.15, 0.2) is 96.1 Å². The Balaban J connectivity index is 1.27. The third kappa shape index (κ3) is 7.74. The van der Waals surface area contributed by atoms with Gasteiger partial charge in [0, 0.05) is 25.0 Å². The zero-order chi connectivity index (χ0) is 28.5. The maximum absolute atomic E-state index is 12.5. The predicted octanol–water partition coefficient (Wildman–Crippen LogP) is 3.23. The largest absolute Gasteiger partial charge is 0.510 e. The molecule has 9 nitrogen and oxygen atoms in total. The Hall–Kier alpha value is -4.08. The first-order chi connectivity index (χ1) is 19.3. The molecule has 2 amide bonds. The Morgan fingerprint density at radius 3 is 2.20 bits per heavy atom. The van der Waals surface area contributed by atoms with Crippen LogP contribution in [0, 0.1) is 5.92 Å². The van der Waals surface area contributed by atoms with E-state index in [0.717, 1.165) is 0 Å². The van der Waals surface area contributed by atoms with Crippen LogP contribution in [0.5, 0.6) is 0 Å². The van der Waals surface area contributed by atoms with Gasteiger partial charge in [-0.15, -0.1) is 0 Å². The van der Waals surface area contributed by atoms with E-state index in [2.05, 4.69) is 16.7 Å². The van der Waals surface area contributed by atoms with Crippen LogP contribution in [-0.4, -0.2) is 51.4 Å². The van der Waals surface area contributed by atoms with Crippen LogP contribution >= 0.6 is 0 Å². The smallest absolute Gasteiger partial charge is 0.248 e. The van der Waals surface area contributed by atoms with Gasteiger partial charge in [-0.25, -0.2) is 0 Å². The highest BCUT2D eigenvalue weighted by atomic mass is 16.6. The summed E-state index contributed by atoms with van der Waals surface area (Å²) in [7, 11) is 0. The normalized spacial score (nSPS) is 27.7. The molecule has 1 heterocycles. The van der Waals surface area contributed by atoms with E-state index in [1.807, 2.05) is 12.2 Å². The van der Waals surface area contributed by atoms with Crippen LogP contribution in [0.2, 0.25) is 0 Å². The number of allylic oxidation sites excluding steroid dienone is 11. The summed E-state index contributed by atoms with van der Waals surface area (Å²) < 4.78 is 5.35. The second-order valence-electron chi connectivity index (χ2n) is 10.1. The summed E-state index contributed by atoms with van der Waals surface area (Å²) in [5, 5.41) is 25.5. The van der Waals surface area contributed by atoms with Gasteiger partial charge in [-0.1, -0.05) is 73.9 Å². The third-order valence-corrected chi connectivity index (χ3v) is 7.07. The Bertz CT molecular complexity index is 1270. The molecule has 0 radical (unpaired) electrons. The van der Waals surface area contributed by atoms with E-state index in [9.17, 15) is 29.4 Å². The van der Waals surface area contributed by atoms with Gasteiger partial charge in [0.2, 0.25) is 17.6 Å². The number of carbonyl (C=O) groups is 4. The van der Waals surface area contributed by atoms with Gasteiger partial charge in [0.15, 0.2) is 11.9 Å². The first kappa shape index (κ1) is 28.9. The average molecular weight is 547 g/mol. The molecular formula is C31H34N2O7. The molecule has 0 aromatic rings. The van der Waals surface area contributed by atoms with E-state index in [1.165, 1.54) is 74.6 Å². The van der Waals surface area contributed by atoms with Crippen molar-refractivity contribution in [3.05, 3.63) is 96.1 Å². The van der Waals surface area contributed by atoms with Crippen molar-refractivity contribution in [1.82, 2.24) is 10.6 Å². The van der Waals surface area contributed by atoms with E-state index < -0.39 is 35.4 Å². The van der Waals surface area contributed by atoms with Crippen molar-refractivity contribution < 1.29 is 34.1 Å². The molecule has 0 bridgehead atoms. The summed E-state index contributed by atoms with van der Waals surface area (Å²) in [4.78, 5) is 48.3. The highest BCUT2D eigenvalue weighted by molar-refractivity contribution is 6.06. The van der Waals surface area contributed by atoms with Gasteiger partial charge in [-0.05, 0) is 30.9 Å². The van der Waals surface area contributed by atoms with Gasteiger partial charge < -0.3 is 25.6 Å². The summed E-state index contributed by atoms with van der Waals surface area (Å²) in [5.41, 5.74) is -1.72. The van der Waals surface area contributed by atoms with Gasteiger partial charge in [0.05, 0.1) is 5.70 Å². The number of nitrogens with one attached hydrogen (secondary N) is 2. The number of Topliss-reactive ketones (excluding diaryl/α,β-unsaturated/α-hetero) is 2. The highest BCUT2D eigenvalue weighted by Gasteiger charge is 2.59. The number of carbonyl (C=O) groups excluding carboxylic acids is 4. The Labute approximate surface area is 233 Å². The molecule has 3 atom stereocenters. The summed E-state index contributed by atoms with van der Waals surface area (Å²) >= 11 is 0. The molecule has 3 aliphatic carbocycles. The maximum Gasteiger partial charge on any atom is 0.248 e. The fraction of sp³-hybridized carbons (Fsp3) is 0.355. The number of hydrogen-bond acceptors (Lipinski definition) is 7. The van der Waals surface area contributed by atoms with E-state index in [4.69, 9.17) is 4.74 Å². The number of rotatable bonds is 10. The fourth-order valence-electron chi connectivity index (χ4n) is 4.87. The van der Waals surface area contributed by atoms with E-state index in [0.29, 0.717) is 5.92 Å². The number of epoxide rings is 1. The van der Waals surface area contributed by atoms with E-state index >= 15 is 0 Å². The van der Waals surface area contributed by atoms with Crippen LogP contribution in [0.3, 0.4) is 0 Å². The lowest BCUT2D eigenvalue weighted by atomic mass is 9.88. The van der Waals surface area contributed by atoms with Gasteiger partial charge in [-0.2, -0.15) is 0 Å². The Morgan fingerprint density at radius 1 is 0.875 bits per heavy atom. The van der Waals surface area contributed by atoms with E-state index in [1.54, 1.807) is 18.2 Å². The highest BCUT2D eigenvalue weighted by Crippen LogP contribution is 2.40. The molecule has 4 aliphatic rings. The molecule has 4 N–H and O–H groups in total. The zero-order valence-corrected chi connectivity index (χ0v) is 22.1. The number of ketones is 2. The number of aliphatic hydroxyl groups excluding tert-OH is 1. The number of amides is 2. The van der Waals surface area contributed by atoms with Crippen molar-refractivity contribution >= 4 is 23.4 Å². The molecule has 40 heavy (non-hydrogen) atoms. The van der Waals surface area contributed by atoms with Crippen molar-refractivity contribution in [2.24, 2.45) is 5.92 Å². The maximum atomic E-state index is 12.5. The minimum Gasteiger partial charge on any atom is -0.510 e. The molecule has 1 aliphatic heterocycles. The van der Waals surface area contributed by atoms with Gasteiger partial charge in [-0.3, -0.25) is 19.2 Å². The molecular weight excluding hydrogens is 512 g/mol. The second kappa shape index (κ2) is 13.3. The van der Waals surface area contributed by atoms with Crippen molar-refractivity contribution in [2.45, 2.75) is 62.8 Å². The molecule has 2 fully saturated rings. The topological polar surface area (TPSA) is 145 Å². The molecule has 1 saturated heterocycles. The minimum atomic E-state index is -1.60. The molecule has 0 spiro atoms. The molecule has 0 unspecified atom stereocenters. The van der Waals surface area contributed by atoms with Crippen LogP contribution in [-0.2, 0) is 23.9 Å². The summed E-state index contributed by atoms with van der Waals surface area (Å²) in [5.74, 6) is -1.28. The predicted molar refractivity (Wildman–Crippen MR) is 148 cm³/mol. The number of aliphatic hydroxyl groups is 2. The Kier molecular flexibility index (Phi) is 9.63. The number of hydrogen-bond donors (Lipinski definition) is 4. The van der Waals surface area contributed by atoms with Crippen LogP contribution < -0.4 is 10.6 Å². The van der Waals surface area contributed by atoms with Crippen molar-refractivity contribution in [1.29, 1.82) is 0 Å². The van der Waals surface area contributed by atoms with Gasteiger partial charge in [0.25, 0.3) is 0 Å². The summed E-state index contributed by atoms with van der Waals surface area (Å²) in [6, 6.07) is 0. The summed E-state index contributed by atoms with van der Waals surface area (Å²) in [6.45, 7) is 0. The molecule has 4 rings (SSSR count). The SMILES string of the molecule is O=C(/C=C/C=C/C=C/C1CCCCC1)NC1=C[C@](O)(/C=C/C=C/C=C/C(=O)NC2=C(O)CCC2=O)[C@H]2O[C@H]2C1=O. The quantitative estimate of drug-likeness (QED) is 0.187. The second-order valence-corrected chi connectivity index (χ2v) is 10.1. The molecule has 0 aromatic heterocycles. The van der Waals surface area contributed by atoms with Crippen molar-refractivity contribution in [2.75, 3.05) is 0 Å². The fourth-order valence-corrected chi connectivity index (χ4v) is 4.87. The first-order valence-electron chi connectivity index (χ1n) is 13.5. The van der Waals surface area contributed by atoms with Gasteiger partial charge >= 0.3 is 0 Å². The minimum absolute atomic E-state index is 0.0405. The lowest BCUT2D eigenvalue weighted by Crippen LogP contribution is -2.42. The molecule has 210 valence electrons. The van der Waals surface area contributed by atoms with Crippen LogP contribution in [0.25, 0.3) is 0 Å². The lowest BCUT2D eigenvalue weighted by molar-refractivity contribution is -0.121. The summed E-state index contributed by atoms with van der Waals surface area (Å²) in [6.07, 6.45) is 25.7. The zero-order valence-electron chi connectivity index (χ0n) is 22.1. The standard InChI is InChI=1S/C31H34N2O7/c34-23-17-18-24(35)27(23)33-26(37)16-10-3-4-11-19-31(39)20-22(28(38)29-30(31)40-29)32-25(36)15-9-2-1-6-12-21-13-7-5-8-14-21/h1-4,6,9-12,15-16,19-21,29-30,34,39H,5,7-8,13-14,17-18H2,(H,32,36)(H,33,37)/b2-1+,4-3+,12-6+,15-9+,16-10+,19-11+/t29-,30-,31+/m0/s1. The van der Waals surface area contributed by atoms with Gasteiger partial charge in [0.1, 0.15) is 23.2 Å². The monoisotopic (exact) mass is 546 g/mol. The van der Waals surface area contributed by atoms with Crippen molar-refractivity contribution in [3.8, 4) is 0 Å². The molecule has 1 saturated carbocycles. The van der Waals surface area contributed by atoms with Crippen molar-refractivity contribution in [3.63, 3.8) is 0 Å². The third-order valence-electron chi connectivity index (χ3n) is 7.07. The van der Waals surface area contributed by atoms with Crippen LogP contribution in [0.1, 0.15) is 44.9 Å². The van der Waals surface area contributed by atoms with E-state index in [-0.39, 0.29) is 35.8 Å². The lowest BCUT2D eigenvalue weighted by Gasteiger charge is -2.23. The number of fused-ring (bicyclic) bond motifs is 1. The molecule has 0 aromatic carbocycles. The average Bonchev–Trinajstić information content (AvgIpc) is 3.70. The van der Waals surface area contributed by atoms with Crippen LogP contribution in [0.4, 0.5) is 0 Å². The first-order valence-corrected chi connectivity index (χ1v) is 13.5. The Morgan fingerprint density at radius 2 is 1.52 bits per heavy atom. The molecule has 9 heteroatoms.